The van der Waals surface area contributed by atoms with Gasteiger partial charge in [-0.15, -0.1) is 10.2 Å². The molecule has 1 aliphatic heterocycles. The van der Waals surface area contributed by atoms with Crippen molar-refractivity contribution in [3.63, 3.8) is 0 Å². The van der Waals surface area contributed by atoms with E-state index in [9.17, 15) is 14.3 Å². The van der Waals surface area contributed by atoms with Gasteiger partial charge in [-0.25, -0.2) is 4.39 Å². The second-order valence-electron chi connectivity index (χ2n) is 10.9. The number of nitrogens with zero attached hydrogens (tertiary/aromatic N) is 4. The molecule has 2 heterocycles. The normalized spacial score (nSPS) is 24.3. The molecule has 1 N–H and O–H groups in total. The number of amides is 1. The second kappa shape index (κ2) is 8.27. The molecular formula is C26H28BrFN4O2. The number of carbonyl (C=O) groups excluding carboxylic acids is 1. The molecule has 0 unspecified atom stereocenters. The third-order valence-electron chi connectivity index (χ3n) is 7.15. The summed E-state index contributed by atoms with van der Waals surface area (Å²) in [6, 6.07) is 11.3. The molecule has 0 radical (unpaired) electrons. The number of aromatic nitrogens is 1. The summed E-state index contributed by atoms with van der Waals surface area (Å²) in [6.07, 6.45) is 3.50. The maximum Gasteiger partial charge on any atom is 0.295 e. The van der Waals surface area contributed by atoms with Crippen LogP contribution >= 0.6 is 15.9 Å². The van der Waals surface area contributed by atoms with E-state index < -0.39 is 11.7 Å². The summed E-state index contributed by atoms with van der Waals surface area (Å²) in [6.45, 7) is 8.58. The van der Waals surface area contributed by atoms with Gasteiger partial charge >= 0.3 is 0 Å². The Morgan fingerprint density at radius 1 is 1.18 bits per heavy atom. The molecular weight excluding hydrogens is 499 g/mol. The van der Waals surface area contributed by atoms with Crippen molar-refractivity contribution in [2.75, 3.05) is 6.54 Å². The highest BCUT2D eigenvalue weighted by Gasteiger charge is 2.49. The first kappa shape index (κ1) is 23.2. The Morgan fingerprint density at radius 3 is 2.65 bits per heavy atom. The second-order valence-corrected chi connectivity index (χ2v) is 11.8. The van der Waals surface area contributed by atoms with Crippen LogP contribution in [-0.4, -0.2) is 33.1 Å². The molecule has 2 bridgehead atoms. The molecule has 2 atom stereocenters. The van der Waals surface area contributed by atoms with Gasteiger partial charge in [0.2, 0.25) is 5.88 Å². The molecule has 1 aromatic heterocycles. The zero-order valence-corrected chi connectivity index (χ0v) is 21.1. The Hall–Kier alpha value is -2.58. The average molecular weight is 527 g/mol. The third kappa shape index (κ3) is 4.29. The SMILES string of the molecule is CC1(C)C[C@H]2C[C@](C)(CN2Cn2c(O)c(N=NC(=O)c3ccc(F)cc3)c3cc(Br)ccc32)C1. The van der Waals surface area contributed by atoms with Crippen molar-refractivity contribution in [3.05, 3.63) is 58.3 Å². The molecule has 1 amide bonds. The highest BCUT2D eigenvalue weighted by molar-refractivity contribution is 9.10. The molecule has 34 heavy (non-hydrogen) atoms. The summed E-state index contributed by atoms with van der Waals surface area (Å²) in [4.78, 5) is 14.9. The van der Waals surface area contributed by atoms with Crippen LogP contribution in [0.2, 0.25) is 0 Å². The van der Waals surface area contributed by atoms with Crippen LogP contribution in [0.5, 0.6) is 5.88 Å². The van der Waals surface area contributed by atoms with Crippen molar-refractivity contribution in [1.82, 2.24) is 9.47 Å². The van der Waals surface area contributed by atoms with Gasteiger partial charge in [0, 0.05) is 28.0 Å². The van der Waals surface area contributed by atoms with Crippen molar-refractivity contribution < 1.29 is 14.3 Å². The monoisotopic (exact) mass is 526 g/mol. The fraction of sp³-hybridized carbons (Fsp3) is 0.423. The number of carbonyl (C=O) groups is 1. The quantitative estimate of drug-likeness (QED) is 0.371. The van der Waals surface area contributed by atoms with E-state index in [4.69, 9.17) is 0 Å². The van der Waals surface area contributed by atoms with Crippen molar-refractivity contribution in [2.24, 2.45) is 21.1 Å². The first-order valence-corrected chi connectivity index (χ1v) is 12.3. The lowest BCUT2D eigenvalue weighted by molar-refractivity contribution is 0.0995. The topological polar surface area (TPSA) is 70.2 Å². The number of hydrogen-bond acceptors (Lipinski definition) is 4. The molecule has 6 nitrogen and oxygen atoms in total. The Kier molecular flexibility index (Phi) is 5.64. The van der Waals surface area contributed by atoms with E-state index in [1.54, 1.807) is 0 Å². The Labute approximate surface area is 206 Å². The number of fused-ring (bicyclic) bond motifs is 3. The number of likely N-dealkylation sites (tertiary alicyclic amines) is 1. The van der Waals surface area contributed by atoms with Gasteiger partial charge in [0.05, 0.1) is 12.2 Å². The molecule has 2 aromatic carbocycles. The summed E-state index contributed by atoms with van der Waals surface area (Å²) in [7, 11) is 0. The van der Waals surface area contributed by atoms with Gasteiger partial charge < -0.3 is 5.11 Å². The first-order chi connectivity index (χ1) is 16.0. The fourth-order valence-corrected chi connectivity index (χ4v) is 6.57. The van der Waals surface area contributed by atoms with Crippen molar-refractivity contribution in [2.45, 2.75) is 52.7 Å². The highest BCUT2D eigenvalue weighted by atomic mass is 79.9. The molecule has 2 aliphatic rings. The third-order valence-corrected chi connectivity index (χ3v) is 7.64. The first-order valence-electron chi connectivity index (χ1n) is 11.5. The van der Waals surface area contributed by atoms with Crippen molar-refractivity contribution >= 4 is 38.4 Å². The minimum Gasteiger partial charge on any atom is -0.493 e. The lowest BCUT2D eigenvalue weighted by Crippen LogP contribution is -2.35. The Bertz CT molecular complexity index is 1300. The fourth-order valence-electron chi connectivity index (χ4n) is 6.21. The van der Waals surface area contributed by atoms with E-state index in [-0.39, 0.29) is 22.5 Å². The molecule has 1 aliphatic carbocycles. The van der Waals surface area contributed by atoms with E-state index in [1.165, 1.54) is 37.1 Å². The minimum absolute atomic E-state index is 0.0189. The van der Waals surface area contributed by atoms with Crippen LogP contribution in [0, 0.1) is 16.6 Å². The zero-order valence-electron chi connectivity index (χ0n) is 19.6. The predicted octanol–water partition coefficient (Wildman–Crippen LogP) is 7.03. The molecule has 8 heteroatoms. The van der Waals surface area contributed by atoms with Gasteiger partial charge in [0.15, 0.2) is 5.69 Å². The molecule has 5 rings (SSSR count). The molecule has 2 fully saturated rings. The molecule has 1 saturated heterocycles. The number of benzene rings is 2. The molecule has 1 saturated carbocycles. The van der Waals surface area contributed by atoms with Crippen LogP contribution in [-0.2, 0) is 6.67 Å². The van der Waals surface area contributed by atoms with E-state index in [0.29, 0.717) is 23.5 Å². The van der Waals surface area contributed by atoms with Crippen LogP contribution in [0.15, 0.2) is 57.2 Å². The van der Waals surface area contributed by atoms with Crippen molar-refractivity contribution in [3.8, 4) is 5.88 Å². The lowest BCUT2D eigenvalue weighted by atomic mass is 9.65. The Balaban J connectivity index is 1.49. The van der Waals surface area contributed by atoms with Crippen LogP contribution in [0.1, 0.15) is 50.4 Å². The highest BCUT2D eigenvalue weighted by Crippen LogP contribution is 2.53. The summed E-state index contributed by atoms with van der Waals surface area (Å²) in [5.74, 6) is -1.05. The van der Waals surface area contributed by atoms with Crippen LogP contribution in [0.25, 0.3) is 10.9 Å². The average Bonchev–Trinajstić information content (AvgIpc) is 3.15. The predicted molar refractivity (Wildman–Crippen MR) is 133 cm³/mol. The number of hydrogen-bond donors (Lipinski definition) is 1. The van der Waals surface area contributed by atoms with E-state index in [0.717, 1.165) is 23.0 Å². The summed E-state index contributed by atoms with van der Waals surface area (Å²) in [5.41, 5.74) is 1.89. The number of halogens is 2. The van der Waals surface area contributed by atoms with E-state index >= 15 is 0 Å². The van der Waals surface area contributed by atoms with Crippen LogP contribution in [0.4, 0.5) is 10.1 Å². The summed E-state index contributed by atoms with van der Waals surface area (Å²) >= 11 is 3.49. The standard InChI is InChI=1S/C26H28BrFN4O2/c1-25(2)11-19-12-26(3,13-25)14-31(19)15-32-21-9-6-17(27)10-20(21)22(24(32)34)29-30-23(33)16-4-7-18(28)8-5-16/h4-10,19,34H,11-15H2,1-3H3/t19-,26-/m0/s1. The summed E-state index contributed by atoms with van der Waals surface area (Å²) < 4.78 is 15.9. The zero-order chi connectivity index (χ0) is 24.3. The minimum atomic E-state index is -0.598. The number of aromatic hydroxyl groups is 1. The molecule has 3 aromatic rings. The van der Waals surface area contributed by atoms with Gasteiger partial charge in [0.1, 0.15) is 5.82 Å². The van der Waals surface area contributed by atoms with Gasteiger partial charge in [-0.1, -0.05) is 36.7 Å². The molecule has 178 valence electrons. The van der Waals surface area contributed by atoms with Gasteiger partial charge in [0.25, 0.3) is 5.91 Å². The van der Waals surface area contributed by atoms with Crippen molar-refractivity contribution in [1.29, 1.82) is 0 Å². The molecule has 0 spiro atoms. The largest absolute Gasteiger partial charge is 0.493 e. The summed E-state index contributed by atoms with van der Waals surface area (Å²) in [5, 5.41) is 19.9. The maximum absolute atomic E-state index is 13.2. The Morgan fingerprint density at radius 2 is 1.91 bits per heavy atom. The van der Waals surface area contributed by atoms with Crippen LogP contribution in [0.3, 0.4) is 0 Å². The van der Waals surface area contributed by atoms with Gasteiger partial charge in [-0.3, -0.25) is 14.3 Å². The lowest BCUT2D eigenvalue weighted by Gasteiger charge is -2.40. The van der Waals surface area contributed by atoms with Crippen LogP contribution < -0.4 is 0 Å². The number of azo groups is 1. The smallest absolute Gasteiger partial charge is 0.295 e. The number of rotatable bonds is 4. The van der Waals surface area contributed by atoms with E-state index in [1.807, 2.05) is 22.8 Å². The van der Waals surface area contributed by atoms with E-state index in [2.05, 4.69) is 51.8 Å². The maximum atomic E-state index is 13.2. The van der Waals surface area contributed by atoms with Gasteiger partial charge in [-0.2, -0.15) is 0 Å². The van der Waals surface area contributed by atoms with Gasteiger partial charge in [-0.05, 0) is 72.6 Å².